The molecule has 0 aliphatic carbocycles. The normalized spacial score (nSPS) is 21.4. The summed E-state index contributed by atoms with van der Waals surface area (Å²) in [5.41, 5.74) is -0.243. The van der Waals surface area contributed by atoms with Crippen LogP contribution in [0, 0.1) is 0 Å². The second kappa shape index (κ2) is 5.56. The zero-order valence-corrected chi connectivity index (χ0v) is 9.83. The number of rotatable bonds is 2. The predicted octanol–water partition coefficient (Wildman–Crippen LogP) is 3.08. The highest BCUT2D eigenvalue weighted by atomic mass is 19.4. The summed E-state index contributed by atoms with van der Waals surface area (Å²) in [5, 5.41) is 3.19. The molecule has 1 fully saturated rings. The second-order valence-electron chi connectivity index (χ2n) is 4.31. The first-order chi connectivity index (χ1) is 8.55. The number of hydrogen-bond acceptors (Lipinski definition) is 3. The van der Waals surface area contributed by atoms with Gasteiger partial charge in [0.15, 0.2) is 0 Å². The van der Waals surface area contributed by atoms with E-state index in [2.05, 4.69) is 10.3 Å². The fourth-order valence-electron chi connectivity index (χ4n) is 1.93. The molecule has 1 aliphatic rings. The number of ether oxygens (including phenoxy) is 1. The topological polar surface area (TPSA) is 34.1 Å². The molecule has 6 heteroatoms. The Balaban J connectivity index is 1.97. The molecule has 1 aromatic rings. The van der Waals surface area contributed by atoms with Crippen molar-refractivity contribution in [2.45, 2.75) is 31.5 Å². The van der Waals surface area contributed by atoms with Crippen LogP contribution in [-0.4, -0.2) is 24.2 Å². The van der Waals surface area contributed by atoms with Gasteiger partial charge in [-0.2, -0.15) is 13.2 Å². The number of anilines is 1. The van der Waals surface area contributed by atoms with Gasteiger partial charge in [-0.1, -0.05) is 0 Å². The Morgan fingerprint density at radius 3 is 2.72 bits per heavy atom. The third kappa shape index (κ3) is 3.60. The van der Waals surface area contributed by atoms with Crippen LogP contribution >= 0.6 is 0 Å². The summed E-state index contributed by atoms with van der Waals surface area (Å²) in [7, 11) is 0. The predicted molar refractivity (Wildman–Crippen MR) is 61.3 cm³/mol. The van der Waals surface area contributed by atoms with E-state index in [1.807, 2.05) is 0 Å². The largest absolute Gasteiger partial charge is 0.433 e. The Morgan fingerprint density at radius 1 is 1.22 bits per heavy atom. The summed E-state index contributed by atoms with van der Waals surface area (Å²) in [6, 6.07) is 2.66. The Hall–Kier alpha value is -1.30. The van der Waals surface area contributed by atoms with Crippen LogP contribution in [-0.2, 0) is 10.9 Å². The summed E-state index contributed by atoms with van der Waals surface area (Å²) in [6.07, 6.45) is -0.364. The van der Waals surface area contributed by atoms with E-state index in [1.54, 1.807) is 0 Å². The molecule has 1 saturated heterocycles. The molecule has 0 amide bonds. The maximum Gasteiger partial charge on any atom is 0.433 e. The third-order valence-corrected chi connectivity index (χ3v) is 2.88. The zero-order chi connectivity index (χ0) is 13.0. The number of halogens is 3. The molecule has 1 unspecified atom stereocenters. The van der Waals surface area contributed by atoms with E-state index >= 15 is 0 Å². The molecule has 0 bridgehead atoms. The SMILES string of the molecule is FC(F)(F)c1ccc(NC2CCCOCC2)cn1. The van der Waals surface area contributed by atoms with Gasteiger partial charge in [-0.15, -0.1) is 0 Å². The van der Waals surface area contributed by atoms with Crippen LogP contribution < -0.4 is 5.32 Å². The number of hydrogen-bond donors (Lipinski definition) is 1. The molecule has 100 valence electrons. The Bertz CT molecular complexity index is 370. The quantitative estimate of drug-likeness (QED) is 0.887. The first-order valence-electron chi connectivity index (χ1n) is 5.93. The van der Waals surface area contributed by atoms with Crippen molar-refractivity contribution in [1.82, 2.24) is 4.98 Å². The molecule has 0 radical (unpaired) electrons. The maximum absolute atomic E-state index is 12.3. The van der Waals surface area contributed by atoms with Crippen LogP contribution in [0.1, 0.15) is 25.0 Å². The first-order valence-corrected chi connectivity index (χ1v) is 5.93. The molecular weight excluding hydrogens is 245 g/mol. The van der Waals surface area contributed by atoms with Crippen LogP contribution in [0.15, 0.2) is 18.3 Å². The lowest BCUT2D eigenvalue weighted by Gasteiger charge is -2.17. The van der Waals surface area contributed by atoms with Crippen LogP contribution in [0.2, 0.25) is 0 Å². The first kappa shape index (κ1) is 13.1. The average molecular weight is 260 g/mol. The minimum absolute atomic E-state index is 0.242. The van der Waals surface area contributed by atoms with Gasteiger partial charge in [-0.05, 0) is 31.4 Å². The summed E-state index contributed by atoms with van der Waals surface area (Å²) in [5.74, 6) is 0. The van der Waals surface area contributed by atoms with E-state index in [0.717, 1.165) is 31.9 Å². The summed E-state index contributed by atoms with van der Waals surface area (Å²) < 4.78 is 42.3. The van der Waals surface area contributed by atoms with Crippen molar-refractivity contribution in [3.63, 3.8) is 0 Å². The van der Waals surface area contributed by atoms with Crippen LogP contribution in [0.25, 0.3) is 0 Å². The van der Waals surface area contributed by atoms with Crippen molar-refractivity contribution in [2.24, 2.45) is 0 Å². The molecule has 1 aromatic heterocycles. The van der Waals surface area contributed by atoms with Gasteiger partial charge in [0.1, 0.15) is 5.69 Å². The molecule has 2 rings (SSSR count). The van der Waals surface area contributed by atoms with Gasteiger partial charge in [0, 0.05) is 19.3 Å². The van der Waals surface area contributed by atoms with Gasteiger partial charge in [-0.25, -0.2) is 4.98 Å². The van der Waals surface area contributed by atoms with E-state index in [-0.39, 0.29) is 6.04 Å². The molecule has 1 aliphatic heterocycles. The van der Waals surface area contributed by atoms with E-state index in [1.165, 1.54) is 12.3 Å². The zero-order valence-electron chi connectivity index (χ0n) is 9.83. The molecule has 1 N–H and O–H groups in total. The summed E-state index contributed by atoms with van der Waals surface area (Å²) in [6.45, 7) is 1.44. The van der Waals surface area contributed by atoms with Crippen molar-refractivity contribution < 1.29 is 17.9 Å². The Kier molecular flexibility index (Phi) is 4.06. The minimum atomic E-state index is -4.38. The summed E-state index contributed by atoms with van der Waals surface area (Å²) >= 11 is 0. The number of alkyl halides is 3. The fourth-order valence-corrected chi connectivity index (χ4v) is 1.93. The third-order valence-electron chi connectivity index (χ3n) is 2.88. The molecule has 0 spiro atoms. The van der Waals surface area contributed by atoms with Crippen molar-refractivity contribution in [3.8, 4) is 0 Å². The van der Waals surface area contributed by atoms with Gasteiger partial charge in [0.25, 0.3) is 0 Å². The summed E-state index contributed by atoms with van der Waals surface area (Å²) in [4.78, 5) is 3.42. The molecule has 0 saturated carbocycles. The second-order valence-corrected chi connectivity index (χ2v) is 4.31. The van der Waals surface area contributed by atoms with Gasteiger partial charge in [0.2, 0.25) is 0 Å². The van der Waals surface area contributed by atoms with E-state index in [0.29, 0.717) is 12.3 Å². The van der Waals surface area contributed by atoms with Crippen LogP contribution in [0.5, 0.6) is 0 Å². The number of pyridine rings is 1. The van der Waals surface area contributed by atoms with E-state index in [4.69, 9.17) is 4.74 Å². The molecule has 3 nitrogen and oxygen atoms in total. The van der Waals surface area contributed by atoms with Crippen molar-refractivity contribution >= 4 is 5.69 Å². The minimum Gasteiger partial charge on any atom is -0.381 e. The van der Waals surface area contributed by atoms with Crippen molar-refractivity contribution in [1.29, 1.82) is 0 Å². The van der Waals surface area contributed by atoms with Crippen LogP contribution in [0.3, 0.4) is 0 Å². The van der Waals surface area contributed by atoms with Gasteiger partial charge in [0.05, 0.1) is 11.9 Å². The average Bonchev–Trinajstić information content (AvgIpc) is 2.57. The van der Waals surface area contributed by atoms with Gasteiger partial charge in [-0.3, -0.25) is 0 Å². The van der Waals surface area contributed by atoms with E-state index in [9.17, 15) is 13.2 Å². The van der Waals surface area contributed by atoms with Gasteiger partial charge < -0.3 is 10.1 Å². The fraction of sp³-hybridized carbons (Fsp3) is 0.583. The molecular formula is C12H15F3N2O. The highest BCUT2D eigenvalue weighted by Gasteiger charge is 2.32. The molecule has 2 heterocycles. The molecule has 0 aromatic carbocycles. The highest BCUT2D eigenvalue weighted by Crippen LogP contribution is 2.28. The Labute approximate surface area is 103 Å². The monoisotopic (exact) mass is 260 g/mol. The van der Waals surface area contributed by atoms with Crippen molar-refractivity contribution in [3.05, 3.63) is 24.0 Å². The van der Waals surface area contributed by atoms with E-state index < -0.39 is 11.9 Å². The van der Waals surface area contributed by atoms with Gasteiger partial charge >= 0.3 is 6.18 Å². The lowest BCUT2D eigenvalue weighted by Crippen LogP contribution is -2.20. The van der Waals surface area contributed by atoms with Crippen LogP contribution in [0.4, 0.5) is 18.9 Å². The number of nitrogens with one attached hydrogen (secondary N) is 1. The highest BCUT2D eigenvalue weighted by molar-refractivity contribution is 5.42. The lowest BCUT2D eigenvalue weighted by molar-refractivity contribution is -0.141. The lowest BCUT2D eigenvalue weighted by atomic mass is 10.1. The number of aromatic nitrogens is 1. The Morgan fingerprint density at radius 2 is 2.06 bits per heavy atom. The smallest absolute Gasteiger partial charge is 0.381 e. The van der Waals surface area contributed by atoms with Crippen molar-refractivity contribution in [2.75, 3.05) is 18.5 Å². The number of nitrogens with zero attached hydrogens (tertiary/aromatic N) is 1. The maximum atomic E-state index is 12.3. The molecule has 1 atom stereocenters. The standard InChI is InChI=1S/C12H15F3N2O/c13-12(14,15)11-4-3-10(8-16-11)17-9-2-1-6-18-7-5-9/h3-4,8-9,17H,1-2,5-7H2. The molecule has 18 heavy (non-hydrogen) atoms.